The van der Waals surface area contributed by atoms with E-state index >= 15 is 0 Å². The van der Waals surface area contributed by atoms with Gasteiger partial charge >= 0.3 is 6.03 Å². The average molecular weight is 290 g/mol. The van der Waals surface area contributed by atoms with Crippen LogP contribution in [-0.4, -0.2) is 30.3 Å². The number of hydrogen-bond donors (Lipinski definition) is 3. The first-order chi connectivity index (χ1) is 10.1. The third-order valence-electron chi connectivity index (χ3n) is 4.47. The van der Waals surface area contributed by atoms with Gasteiger partial charge in [-0.25, -0.2) is 4.79 Å². The summed E-state index contributed by atoms with van der Waals surface area (Å²) in [6, 6.07) is 8.43. The Morgan fingerprint density at radius 1 is 1.29 bits per heavy atom. The number of fused-ring (bicyclic) bond motifs is 1. The Balaban J connectivity index is 1.66. The zero-order valence-corrected chi connectivity index (χ0v) is 12.9. The van der Waals surface area contributed by atoms with Gasteiger partial charge in [0.05, 0.1) is 0 Å². The smallest absolute Gasteiger partial charge is 0.315 e. The highest BCUT2D eigenvalue weighted by Gasteiger charge is 2.20. The second-order valence-corrected chi connectivity index (χ2v) is 6.18. The first kappa shape index (κ1) is 15.8. The minimum absolute atomic E-state index is 0.0225. The van der Waals surface area contributed by atoms with E-state index in [0.717, 1.165) is 19.3 Å². The van der Waals surface area contributed by atoms with Crippen LogP contribution in [0.25, 0.3) is 0 Å². The molecule has 116 valence electrons. The molecule has 21 heavy (non-hydrogen) atoms. The molecule has 1 aliphatic rings. The van der Waals surface area contributed by atoms with Crippen molar-refractivity contribution in [2.75, 3.05) is 13.2 Å². The van der Waals surface area contributed by atoms with E-state index < -0.39 is 0 Å². The minimum Gasteiger partial charge on any atom is -0.396 e. The molecular formula is C17H26N2O2. The summed E-state index contributed by atoms with van der Waals surface area (Å²) in [6.07, 6.45) is 3.25. The average Bonchev–Trinajstić information content (AvgIpc) is 2.88. The van der Waals surface area contributed by atoms with E-state index in [1.165, 1.54) is 11.1 Å². The van der Waals surface area contributed by atoms with Crippen LogP contribution in [0.4, 0.5) is 4.79 Å². The molecule has 0 aliphatic heterocycles. The zero-order chi connectivity index (χ0) is 15.2. The molecule has 3 N–H and O–H groups in total. The number of carbonyl (C=O) groups excluding carboxylic acids is 1. The van der Waals surface area contributed by atoms with Gasteiger partial charge in [-0.15, -0.1) is 0 Å². The van der Waals surface area contributed by atoms with Crippen molar-refractivity contribution < 1.29 is 9.90 Å². The van der Waals surface area contributed by atoms with Crippen molar-refractivity contribution >= 4 is 6.03 Å². The Morgan fingerprint density at radius 2 is 1.90 bits per heavy atom. The van der Waals surface area contributed by atoms with Gasteiger partial charge in [0.15, 0.2) is 0 Å². The zero-order valence-electron chi connectivity index (χ0n) is 12.9. The molecule has 0 saturated carbocycles. The predicted molar refractivity (Wildman–Crippen MR) is 84.2 cm³/mol. The number of urea groups is 1. The van der Waals surface area contributed by atoms with E-state index in [1.807, 2.05) is 13.8 Å². The van der Waals surface area contributed by atoms with Crippen LogP contribution in [0.2, 0.25) is 0 Å². The maximum atomic E-state index is 11.8. The van der Waals surface area contributed by atoms with Gasteiger partial charge in [0.1, 0.15) is 0 Å². The van der Waals surface area contributed by atoms with Crippen LogP contribution in [0.5, 0.6) is 0 Å². The summed E-state index contributed by atoms with van der Waals surface area (Å²) in [5.41, 5.74) is 2.91. The summed E-state index contributed by atoms with van der Waals surface area (Å²) in [5, 5.41) is 14.8. The van der Waals surface area contributed by atoms with E-state index in [1.54, 1.807) is 0 Å². The van der Waals surface area contributed by atoms with E-state index in [-0.39, 0.29) is 24.6 Å². The second kappa shape index (κ2) is 7.46. The predicted octanol–water partition coefficient (Wildman–Crippen LogP) is 2.11. The molecule has 0 unspecified atom stereocenters. The van der Waals surface area contributed by atoms with Crippen molar-refractivity contribution in [2.45, 2.75) is 39.2 Å². The highest BCUT2D eigenvalue weighted by molar-refractivity contribution is 5.74. The van der Waals surface area contributed by atoms with Crippen LogP contribution in [0.1, 0.15) is 31.4 Å². The van der Waals surface area contributed by atoms with Gasteiger partial charge in [0, 0.05) is 19.2 Å². The van der Waals surface area contributed by atoms with Crippen LogP contribution >= 0.6 is 0 Å². The highest BCUT2D eigenvalue weighted by atomic mass is 16.3. The molecule has 1 aliphatic carbocycles. The molecule has 2 amide bonds. The van der Waals surface area contributed by atoms with Crippen LogP contribution in [-0.2, 0) is 12.8 Å². The van der Waals surface area contributed by atoms with E-state index in [2.05, 4.69) is 34.9 Å². The molecule has 1 aromatic rings. The Hall–Kier alpha value is -1.55. The maximum Gasteiger partial charge on any atom is 0.315 e. The van der Waals surface area contributed by atoms with Gasteiger partial charge < -0.3 is 15.7 Å². The van der Waals surface area contributed by atoms with Gasteiger partial charge in [0.25, 0.3) is 0 Å². The van der Waals surface area contributed by atoms with Crippen LogP contribution < -0.4 is 10.6 Å². The molecule has 0 radical (unpaired) electrons. The monoisotopic (exact) mass is 290 g/mol. The van der Waals surface area contributed by atoms with Crippen LogP contribution in [0.3, 0.4) is 0 Å². The molecule has 0 spiro atoms. The van der Waals surface area contributed by atoms with E-state index in [0.29, 0.717) is 12.5 Å². The lowest BCUT2D eigenvalue weighted by atomic mass is 10.0. The topological polar surface area (TPSA) is 61.4 Å². The summed E-state index contributed by atoms with van der Waals surface area (Å²) >= 11 is 0. The Labute approximate surface area is 126 Å². The number of rotatable bonds is 6. The van der Waals surface area contributed by atoms with Crippen molar-refractivity contribution in [3.8, 4) is 0 Å². The molecular weight excluding hydrogens is 264 g/mol. The summed E-state index contributed by atoms with van der Waals surface area (Å²) < 4.78 is 0. The number of aliphatic hydroxyl groups is 1. The first-order valence-electron chi connectivity index (χ1n) is 7.82. The number of carbonyl (C=O) groups is 1. The summed E-state index contributed by atoms with van der Waals surface area (Å²) in [7, 11) is 0. The summed E-state index contributed by atoms with van der Waals surface area (Å²) in [4.78, 5) is 11.8. The van der Waals surface area contributed by atoms with Gasteiger partial charge in [-0.2, -0.15) is 0 Å². The molecule has 1 aromatic carbocycles. The lowest BCUT2D eigenvalue weighted by molar-refractivity contribution is 0.200. The SMILES string of the molecule is C[C@@H](CO)[C@@H](C)NC(=O)NCCC1Cc2ccccc2C1. The highest BCUT2D eigenvalue weighted by Crippen LogP contribution is 2.28. The Morgan fingerprint density at radius 3 is 2.48 bits per heavy atom. The fourth-order valence-corrected chi connectivity index (χ4v) is 2.80. The van der Waals surface area contributed by atoms with Crippen LogP contribution in [0.15, 0.2) is 24.3 Å². The Bertz CT molecular complexity index is 451. The third-order valence-corrected chi connectivity index (χ3v) is 4.47. The van der Waals surface area contributed by atoms with Crippen molar-refractivity contribution in [1.82, 2.24) is 10.6 Å². The van der Waals surface area contributed by atoms with Crippen molar-refractivity contribution in [3.63, 3.8) is 0 Å². The molecule has 4 nitrogen and oxygen atoms in total. The molecule has 0 aromatic heterocycles. The standard InChI is InChI=1S/C17H26N2O2/c1-12(11-20)13(2)19-17(21)18-8-7-14-9-15-5-3-4-6-16(15)10-14/h3-6,12-14,20H,7-11H2,1-2H3,(H2,18,19,21)/t12-,13+/m0/s1. The molecule has 0 saturated heterocycles. The quantitative estimate of drug-likeness (QED) is 0.751. The number of benzene rings is 1. The van der Waals surface area contributed by atoms with Crippen molar-refractivity contribution in [1.29, 1.82) is 0 Å². The largest absolute Gasteiger partial charge is 0.396 e. The molecule has 2 atom stereocenters. The molecule has 0 heterocycles. The summed E-state index contributed by atoms with van der Waals surface area (Å²) in [5.74, 6) is 0.705. The van der Waals surface area contributed by atoms with Gasteiger partial charge in [-0.1, -0.05) is 31.2 Å². The Kier molecular flexibility index (Phi) is 5.62. The summed E-state index contributed by atoms with van der Waals surface area (Å²) in [6.45, 7) is 4.61. The molecule has 4 heteroatoms. The van der Waals surface area contributed by atoms with Crippen molar-refractivity contribution in [3.05, 3.63) is 35.4 Å². The van der Waals surface area contributed by atoms with Gasteiger partial charge in [-0.3, -0.25) is 0 Å². The number of nitrogens with one attached hydrogen (secondary N) is 2. The third kappa shape index (κ3) is 4.46. The van der Waals surface area contributed by atoms with Crippen molar-refractivity contribution in [2.24, 2.45) is 11.8 Å². The normalized spacial score (nSPS) is 17.1. The second-order valence-electron chi connectivity index (χ2n) is 6.18. The lowest BCUT2D eigenvalue weighted by Gasteiger charge is -2.19. The fraction of sp³-hybridized carbons (Fsp3) is 0.588. The first-order valence-corrected chi connectivity index (χ1v) is 7.82. The number of aliphatic hydroxyl groups excluding tert-OH is 1. The number of hydrogen-bond acceptors (Lipinski definition) is 2. The van der Waals surface area contributed by atoms with E-state index in [9.17, 15) is 4.79 Å². The molecule has 0 bridgehead atoms. The number of amides is 2. The molecule has 2 rings (SSSR count). The van der Waals surface area contributed by atoms with E-state index in [4.69, 9.17) is 5.11 Å². The fourth-order valence-electron chi connectivity index (χ4n) is 2.80. The van der Waals surface area contributed by atoms with Crippen LogP contribution in [0, 0.1) is 11.8 Å². The minimum atomic E-state index is -0.140. The van der Waals surface area contributed by atoms with Gasteiger partial charge in [0.2, 0.25) is 0 Å². The maximum absolute atomic E-state index is 11.8. The lowest BCUT2D eigenvalue weighted by Crippen LogP contribution is -2.44. The van der Waals surface area contributed by atoms with Gasteiger partial charge in [-0.05, 0) is 49.1 Å². The molecule has 0 fully saturated rings.